The van der Waals surface area contributed by atoms with Crippen LogP contribution in [0, 0.1) is 6.92 Å². The standard InChI is InChI=1S/C12H15NO2/c1-8-4-3-5-9(11(14)15)10(8)13-12(2)6-7-12/h3-5,13H,6-7H2,1-2H3,(H,14,15). The second kappa shape index (κ2) is 3.26. The van der Waals surface area contributed by atoms with Crippen LogP contribution >= 0.6 is 0 Å². The van der Waals surface area contributed by atoms with Crippen molar-refractivity contribution in [2.45, 2.75) is 32.2 Å². The second-order valence-corrected chi connectivity index (χ2v) is 4.49. The molecule has 2 rings (SSSR count). The Morgan fingerprint density at radius 3 is 2.67 bits per heavy atom. The molecule has 3 nitrogen and oxygen atoms in total. The molecule has 0 atom stereocenters. The molecule has 80 valence electrons. The van der Waals surface area contributed by atoms with Gasteiger partial charge in [0, 0.05) is 5.54 Å². The lowest BCUT2D eigenvalue weighted by atomic mass is 10.1. The first-order valence-corrected chi connectivity index (χ1v) is 5.13. The van der Waals surface area contributed by atoms with Crippen molar-refractivity contribution in [2.75, 3.05) is 5.32 Å². The van der Waals surface area contributed by atoms with E-state index in [4.69, 9.17) is 5.11 Å². The molecule has 0 aliphatic heterocycles. The number of aryl methyl sites for hydroxylation is 1. The lowest BCUT2D eigenvalue weighted by Crippen LogP contribution is -2.19. The third-order valence-electron chi connectivity index (χ3n) is 2.93. The van der Waals surface area contributed by atoms with Gasteiger partial charge in [-0.3, -0.25) is 0 Å². The van der Waals surface area contributed by atoms with Crippen LogP contribution in [0.1, 0.15) is 35.7 Å². The molecule has 3 heteroatoms. The first-order chi connectivity index (χ1) is 7.02. The molecule has 0 unspecified atom stereocenters. The van der Waals surface area contributed by atoms with Crippen LogP contribution in [-0.4, -0.2) is 16.6 Å². The van der Waals surface area contributed by atoms with Crippen LogP contribution in [0.4, 0.5) is 5.69 Å². The number of hydrogen-bond acceptors (Lipinski definition) is 2. The molecule has 1 aliphatic carbocycles. The minimum Gasteiger partial charge on any atom is -0.478 e. The number of carboxylic acid groups (broad SMARTS) is 1. The van der Waals surface area contributed by atoms with Crippen molar-refractivity contribution in [3.63, 3.8) is 0 Å². The molecule has 0 saturated heterocycles. The van der Waals surface area contributed by atoms with Crippen LogP contribution in [0.2, 0.25) is 0 Å². The van der Waals surface area contributed by atoms with Crippen molar-refractivity contribution in [2.24, 2.45) is 0 Å². The molecule has 1 aliphatic rings. The topological polar surface area (TPSA) is 49.3 Å². The van der Waals surface area contributed by atoms with Crippen LogP contribution < -0.4 is 5.32 Å². The molecule has 0 heterocycles. The lowest BCUT2D eigenvalue weighted by Gasteiger charge is -2.17. The van der Waals surface area contributed by atoms with E-state index < -0.39 is 5.97 Å². The van der Waals surface area contributed by atoms with Crippen molar-refractivity contribution in [1.29, 1.82) is 0 Å². The predicted octanol–water partition coefficient (Wildman–Crippen LogP) is 2.66. The van der Waals surface area contributed by atoms with Gasteiger partial charge in [-0.2, -0.15) is 0 Å². The van der Waals surface area contributed by atoms with Crippen molar-refractivity contribution < 1.29 is 9.90 Å². The molecule has 0 aromatic heterocycles. The van der Waals surface area contributed by atoms with E-state index in [0.29, 0.717) is 5.56 Å². The van der Waals surface area contributed by atoms with Crippen LogP contribution in [-0.2, 0) is 0 Å². The van der Waals surface area contributed by atoms with Gasteiger partial charge in [0.1, 0.15) is 0 Å². The summed E-state index contributed by atoms with van der Waals surface area (Å²) in [7, 11) is 0. The summed E-state index contributed by atoms with van der Waals surface area (Å²) in [5.74, 6) is -0.870. The third kappa shape index (κ3) is 1.96. The minimum atomic E-state index is -0.870. The number of carboxylic acids is 1. The van der Waals surface area contributed by atoms with E-state index >= 15 is 0 Å². The summed E-state index contributed by atoms with van der Waals surface area (Å²) in [5.41, 5.74) is 2.23. The Labute approximate surface area is 89.1 Å². The Kier molecular flexibility index (Phi) is 2.18. The fraction of sp³-hybridized carbons (Fsp3) is 0.417. The summed E-state index contributed by atoms with van der Waals surface area (Å²) in [4.78, 5) is 11.0. The third-order valence-corrected chi connectivity index (χ3v) is 2.93. The number of anilines is 1. The highest BCUT2D eigenvalue weighted by molar-refractivity contribution is 5.95. The van der Waals surface area contributed by atoms with Gasteiger partial charge in [0.05, 0.1) is 11.3 Å². The number of aromatic carboxylic acids is 1. The molecular formula is C12H15NO2. The van der Waals surface area contributed by atoms with Gasteiger partial charge in [0.25, 0.3) is 0 Å². The number of nitrogens with one attached hydrogen (secondary N) is 1. The van der Waals surface area contributed by atoms with Crippen LogP contribution in [0.25, 0.3) is 0 Å². The Bertz CT molecular complexity index is 408. The summed E-state index contributed by atoms with van der Waals surface area (Å²) in [6, 6.07) is 5.35. The normalized spacial score (nSPS) is 17.2. The molecule has 0 amide bonds. The van der Waals surface area contributed by atoms with Crippen molar-refractivity contribution in [3.8, 4) is 0 Å². The van der Waals surface area contributed by atoms with Gasteiger partial charge < -0.3 is 10.4 Å². The van der Waals surface area contributed by atoms with E-state index in [9.17, 15) is 4.79 Å². The highest BCUT2D eigenvalue weighted by Crippen LogP contribution is 2.39. The zero-order valence-electron chi connectivity index (χ0n) is 9.00. The van der Waals surface area contributed by atoms with Gasteiger partial charge >= 0.3 is 5.97 Å². The van der Waals surface area contributed by atoms with Crippen molar-refractivity contribution >= 4 is 11.7 Å². The lowest BCUT2D eigenvalue weighted by molar-refractivity contribution is 0.0698. The first-order valence-electron chi connectivity index (χ1n) is 5.13. The highest BCUT2D eigenvalue weighted by atomic mass is 16.4. The van der Waals surface area contributed by atoms with Gasteiger partial charge in [0.15, 0.2) is 0 Å². The average Bonchev–Trinajstić information content (AvgIpc) is 2.87. The van der Waals surface area contributed by atoms with E-state index in [-0.39, 0.29) is 5.54 Å². The zero-order valence-corrected chi connectivity index (χ0v) is 9.00. The zero-order chi connectivity index (χ0) is 11.1. The minimum absolute atomic E-state index is 0.107. The van der Waals surface area contributed by atoms with Gasteiger partial charge in [-0.15, -0.1) is 0 Å². The van der Waals surface area contributed by atoms with Gasteiger partial charge in [-0.05, 0) is 38.3 Å². The maximum absolute atomic E-state index is 11.0. The maximum atomic E-state index is 11.0. The predicted molar refractivity (Wildman–Crippen MR) is 59.4 cm³/mol. The summed E-state index contributed by atoms with van der Waals surface area (Å²) >= 11 is 0. The molecule has 0 bridgehead atoms. The molecular weight excluding hydrogens is 190 g/mol. The Morgan fingerprint density at radius 1 is 1.47 bits per heavy atom. The number of carbonyl (C=O) groups is 1. The monoisotopic (exact) mass is 205 g/mol. The molecule has 1 saturated carbocycles. The van der Waals surface area contributed by atoms with E-state index in [2.05, 4.69) is 12.2 Å². The molecule has 1 fully saturated rings. The van der Waals surface area contributed by atoms with Gasteiger partial charge in [-0.1, -0.05) is 12.1 Å². The van der Waals surface area contributed by atoms with Crippen LogP contribution in [0.5, 0.6) is 0 Å². The van der Waals surface area contributed by atoms with E-state index in [0.717, 1.165) is 24.1 Å². The van der Waals surface area contributed by atoms with Crippen LogP contribution in [0.15, 0.2) is 18.2 Å². The fourth-order valence-electron chi connectivity index (χ4n) is 1.63. The molecule has 0 spiro atoms. The smallest absolute Gasteiger partial charge is 0.337 e. The second-order valence-electron chi connectivity index (χ2n) is 4.49. The first kappa shape index (κ1) is 10.0. The van der Waals surface area contributed by atoms with E-state index in [1.807, 2.05) is 13.0 Å². The van der Waals surface area contributed by atoms with Gasteiger partial charge in [0.2, 0.25) is 0 Å². The quantitative estimate of drug-likeness (QED) is 0.797. The summed E-state index contributed by atoms with van der Waals surface area (Å²) in [6.45, 7) is 4.05. The average molecular weight is 205 g/mol. The Hall–Kier alpha value is -1.51. The largest absolute Gasteiger partial charge is 0.478 e. The maximum Gasteiger partial charge on any atom is 0.337 e. The van der Waals surface area contributed by atoms with Gasteiger partial charge in [-0.25, -0.2) is 4.79 Å². The van der Waals surface area contributed by atoms with E-state index in [1.165, 1.54) is 0 Å². The Balaban J connectivity index is 2.38. The molecule has 1 aromatic carbocycles. The number of benzene rings is 1. The molecule has 0 radical (unpaired) electrons. The molecule has 1 aromatic rings. The number of para-hydroxylation sites is 1. The highest BCUT2D eigenvalue weighted by Gasteiger charge is 2.38. The summed E-state index contributed by atoms with van der Waals surface area (Å²) in [5, 5.41) is 12.4. The SMILES string of the molecule is Cc1cccc(C(=O)O)c1NC1(C)CC1. The molecule has 15 heavy (non-hydrogen) atoms. The Morgan fingerprint density at radius 2 is 2.13 bits per heavy atom. The summed E-state index contributed by atoms with van der Waals surface area (Å²) in [6.07, 6.45) is 2.22. The number of rotatable bonds is 3. The molecule has 2 N–H and O–H groups in total. The number of hydrogen-bond donors (Lipinski definition) is 2. The van der Waals surface area contributed by atoms with E-state index in [1.54, 1.807) is 12.1 Å². The summed E-state index contributed by atoms with van der Waals surface area (Å²) < 4.78 is 0. The van der Waals surface area contributed by atoms with Crippen LogP contribution in [0.3, 0.4) is 0 Å². The van der Waals surface area contributed by atoms with Crippen molar-refractivity contribution in [1.82, 2.24) is 0 Å². The fourth-order valence-corrected chi connectivity index (χ4v) is 1.63. The van der Waals surface area contributed by atoms with Crippen molar-refractivity contribution in [3.05, 3.63) is 29.3 Å².